The molecule has 0 saturated carbocycles. The zero-order valence-corrected chi connectivity index (χ0v) is 9.74. The van der Waals surface area contributed by atoms with Crippen molar-refractivity contribution >= 4 is 5.91 Å². The first-order chi connectivity index (χ1) is 7.15. The van der Waals surface area contributed by atoms with E-state index in [1.165, 1.54) is 0 Å². The van der Waals surface area contributed by atoms with Crippen molar-refractivity contribution in [3.05, 3.63) is 0 Å². The summed E-state index contributed by atoms with van der Waals surface area (Å²) in [4.78, 5) is 13.5. The first-order valence-electron chi connectivity index (χ1n) is 5.77. The molecule has 0 radical (unpaired) electrons. The van der Waals surface area contributed by atoms with Crippen molar-refractivity contribution in [3.63, 3.8) is 0 Å². The molecular formula is C11H22N2O2. The van der Waals surface area contributed by atoms with Crippen molar-refractivity contribution in [2.45, 2.75) is 32.7 Å². The van der Waals surface area contributed by atoms with Crippen molar-refractivity contribution in [2.75, 3.05) is 26.3 Å². The molecule has 1 heterocycles. The molecule has 15 heavy (non-hydrogen) atoms. The summed E-state index contributed by atoms with van der Waals surface area (Å²) < 4.78 is 5.39. The van der Waals surface area contributed by atoms with Crippen LogP contribution in [0.3, 0.4) is 0 Å². The van der Waals surface area contributed by atoms with E-state index in [1.807, 2.05) is 11.8 Å². The van der Waals surface area contributed by atoms with Gasteiger partial charge in [0.1, 0.15) is 0 Å². The fraction of sp³-hybridized carbons (Fsp3) is 0.909. The Bertz CT molecular complexity index is 199. The van der Waals surface area contributed by atoms with Crippen molar-refractivity contribution in [1.82, 2.24) is 4.90 Å². The molecule has 1 aliphatic rings. The summed E-state index contributed by atoms with van der Waals surface area (Å²) in [5.74, 6) is 0.687. The third-order valence-corrected chi connectivity index (χ3v) is 2.87. The Hall–Kier alpha value is -0.610. The summed E-state index contributed by atoms with van der Waals surface area (Å²) >= 11 is 0. The van der Waals surface area contributed by atoms with E-state index < -0.39 is 0 Å². The number of ether oxygens (including phenoxy) is 1. The Morgan fingerprint density at radius 2 is 2.13 bits per heavy atom. The zero-order chi connectivity index (χ0) is 11.3. The topological polar surface area (TPSA) is 55.6 Å². The van der Waals surface area contributed by atoms with Crippen LogP contribution in [0.15, 0.2) is 0 Å². The van der Waals surface area contributed by atoms with Crippen LogP contribution in [0, 0.1) is 5.92 Å². The van der Waals surface area contributed by atoms with Gasteiger partial charge in [-0.05, 0) is 32.6 Å². The van der Waals surface area contributed by atoms with E-state index in [4.69, 9.17) is 10.5 Å². The molecule has 0 spiro atoms. The first kappa shape index (κ1) is 12.5. The van der Waals surface area contributed by atoms with Crippen LogP contribution in [0.5, 0.6) is 0 Å². The van der Waals surface area contributed by atoms with Gasteiger partial charge in [0.05, 0.1) is 6.04 Å². The van der Waals surface area contributed by atoms with Crippen molar-refractivity contribution in [2.24, 2.45) is 11.7 Å². The molecule has 1 saturated heterocycles. The average Bonchev–Trinajstić information content (AvgIpc) is 2.26. The maximum atomic E-state index is 11.6. The molecule has 2 N–H and O–H groups in total. The predicted molar refractivity (Wildman–Crippen MR) is 59.4 cm³/mol. The van der Waals surface area contributed by atoms with Crippen molar-refractivity contribution in [3.8, 4) is 0 Å². The molecule has 0 aliphatic carbocycles. The van der Waals surface area contributed by atoms with Crippen LogP contribution >= 0.6 is 0 Å². The van der Waals surface area contributed by atoms with E-state index in [0.29, 0.717) is 5.92 Å². The lowest BCUT2D eigenvalue weighted by Crippen LogP contribution is -2.46. The SMILES string of the molecule is CCOCC1CCN(C(=O)C(C)N)CC1. The number of hydrogen-bond donors (Lipinski definition) is 1. The number of amides is 1. The smallest absolute Gasteiger partial charge is 0.239 e. The second-order valence-electron chi connectivity index (χ2n) is 4.22. The lowest BCUT2D eigenvalue weighted by Gasteiger charge is -2.32. The van der Waals surface area contributed by atoms with Gasteiger partial charge in [-0.3, -0.25) is 4.79 Å². The third kappa shape index (κ3) is 3.80. The number of nitrogens with two attached hydrogens (primary N) is 1. The maximum Gasteiger partial charge on any atom is 0.239 e. The molecule has 0 bridgehead atoms. The minimum Gasteiger partial charge on any atom is -0.381 e. The van der Waals surface area contributed by atoms with Gasteiger partial charge in [-0.2, -0.15) is 0 Å². The molecule has 1 atom stereocenters. The highest BCUT2D eigenvalue weighted by Gasteiger charge is 2.24. The van der Waals surface area contributed by atoms with E-state index >= 15 is 0 Å². The van der Waals surface area contributed by atoms with E-state index in [9.17, 15) is 4.79 Å². The summed E-state index contributed by atoms with van der Waals surface area (Å²) in [6.45, 7) is 7.02. The van der Waals surface area contributed by atoms with Gasteiger partial charge in [0, 0.05) is 26.3 Å². The molecule has 1 aliphatic heterocycles. The molecular weight excluding hydrogens is 192 g/mol. The van der Waals surface area contributed by atoms with Gasteiger partial charge >= 0.3 is 0 Å². The van der Waals surface area contributed by atoms with Gasteiger partial charge in [0.25, 0.3) is 0 Å². The maximum absolute atomic E-state index is 11.6. The van der Waals surface area contributed by atoms with Crippen LogP contribution in [0.2, 0.25) is 0 Å². The molecule has 0 aromatic carbocycles. The normalized spacial score (nSPS) is 20.3. The van der Waals surface area contributed by atoms with E-state index in [1.54, 1.807) is 6.92 Å². The minimum atomic E-state index is -0.367. The number of likely N-dealkylation sites (tertiary alicyclic amines) is 1. The Kier molecular flexibility index (Phi) is 5.05. The lowest BCUT2D eigenvalue weighted by atomic mass is 9.97. The Balaban J connectivity index is 2.26. The highest BCUT2D eigenvalue weighted by atomic mass is 16.5. The van der Waals surface area contributed by atoms with Gasteiger partial charge in [-0.25, -0.2) is 0 Å². The quantitative estimate of drug-likeness (QED) is 0.746. The molecule has 0 aromatic rings. The summed E-state index contributed by atoms with van der Waals surface area (Å²) in [7, 11) is 0. The molecule has 1 unspecified atom stereocenters. The predicted octanol–water partition coefficient (Wildman–Crippen LogP) is 0.609. The minimum absolute atomic E-state index is 0.0739. The second-order valence-corrected chi connectivity index (χ2v) is 4.22. The molecule has 4 nitrogen and oxygen atoms in total. The van der Waals surface area contributed by atoms with Crippen LogP contribution in [0.25, 0.3) is 0 Å². The van der Waals surface area contributed by atoms with Gasteiger partial charge in [-0.1, -0.05) is 0 Å². The Labute approximate surface area is 91.8 Å². The Morgan fingerprint density at radius 1 is 1.53 bits per heavy atom. The number of carbonyl (C=O) groups excluding carboxylic acids is 1. The fourth-order valence-corrected chi connectivity index (χ4v) is 1.89. The number of nitrogens with zero attached hydrogens (tertiary/aromatic N) is 1. The van der Waals surface area contributed by atoms with E-state index in [0.717, 1.165) is 39.1 Å². The number of piperidine rings is 1. The van der Waals surface area contributed by atoms with Crippen molar-refractivity contribution < 1.29 is 9.53 Å². The van der Waals surface area contributed by atoms with Gasteiger partial charge in [0.2, 0.25) is 5.91 Å². The number of rotatable bonds is 4. The number of carbonyl (C=O) groups is 1. The Morgan fingerprint density at radius 3 is 2.60 bits per heavy atom. The third-order valence-electron chi connectivity index (χ3n) is 2.87. The van der Waals surface area contributed by atoms with Crippen LogP contribution in [-0.2, 0) is 9.53 Å². The summed E-state index contributed by atoms with van der Waals surface area (Å²) in [5, 5.41) is 0. The summed E-state index contributed by atoms with van der Waals surface area (Å²) in [6.07, 6.45) is 2.08. The average molecular weight is 214 g/mol. The van der Waals surface area contributed by atoms with Crippen LogP contribution in [0.1, 0.15) is 26.7 Å². The van der Waals surface area contributed by atoms with Crippen LogP contribution in [0.4, 0.5) is 0 Å². The largest absolute Gasteiger partial charge is 0.381 e. The summed E-state index contributed by atoms with van der Waals surface area (Å²) in [5.41, 5.74) is 5.57. The molecule has 4 heteroatoms. The van der Waals surface area contributed by atoms with Gasteiger partial charge < -0.3 is 15.4 Å². The number of hydrogen-bond acceptors (Lipinski definition) is 3. The van der Waals surface area contributed by atoms with E-state index in [2.05, 4.69) is 0 Å². The van der Waals surface area contributed by atoms with Crippen molar-refractivity contribution in [1.29, 1.82) is 0 Å². The van der Waals surface area contributed by atoms with E-state index in [-0.39, 0.29) is 11.9 Å². The van der Waals surface area contributed by atoms with Gasteiger partial charge in [-0.15, -0.1) is 0 Å². The highest BCUT2D eigenvalue weighted by Crippen LogP contribution is 2.17. The van der Waals surface area contributed by atoms with Crippen LogP contribution in [-0.4, -0.2) is 43.2 Å². The first-order valence-corrected chi connectivity index (χ1v) is 5.77. The molecule has 1 fully saturated rings. The fourth-order valence-electron chi connectivity index (χ4n) is 1.89. The van der Waals surface area contributed by atoms with Gasteiger partial charge in [0.15, 0.2) is 0 Å². The lowest BCUT2D eigenvalue weighted by molar-refractivity contribution is -0.133. The second kappa shape index (κ2) is 6.08. The molecule has 88 valence electrons. The standard InChI is InChI=1S/C11H22N2O2/c1-3-15-8-10-4-6-13(7-5-10)11(14)9(2)12/h9-10H,3-8,12H2,1-2H3. The summed E-state index contributed by atoms with van der Waals surface area (Å²) in [6, 6.07) is -0.367. The molecule has 1 rings (SSSR count). The molecule has 1 amide bonds. The monoisotopic (exact) mass is 214 g/mol. The van der Waals surface area contributed by atoms with Crippen LogP contribution < -0.4 is 5.73 Å². The highest BCUT2D eigenvalue weighted by molar-refractivity contribution is 5.81. The molecule has 0 aromatic heterocycles. The zero-order valence-electron chi connectivity index (χ0n) is 9.74.